The van der Waals surface area contributed by atoms with Crippen LogP contribution in [0.25, 0.3) is 0 Å². The number of Topliss-reactive ketones (excluding diaryl/α,β-unsaturated/α-hetero) is 1. The number of aromatic nitrogens is 3. The average molecular weight is 622 g/mol. The molecule has 0 amide bonds. The zero-order chi connectivity index (χ0) is 26.9. The topological polar surface area (TPSA) is 69.0 Å². The van der Waals surface area contributed by atoms with E-state index in [4.69, 9.17) is 26.4 Å². The third-order valence-corrected chi connectivity index (χ3v) is 8.82. The molecule has 0 radical (unpaired) electrons. The largest absolute Gasteiger partial charge is 0.489 e. The molecule has 1 aliphatic carbocycles. The Hall–Kier alpha value is -3.07. The Labute approximate surface area is 244 Å². The zero-order valence-electron chi connectivity index (χ0n) is 21.3. The Morgan fingerprint density at radius 3 is 2.72 bits per heavy atom. The number of nitrogens with zero attached hydrogens (tertiary/aromatic N) is 3. The molecule has 39 heavy (non-hydrogen) atoms. The minimum absolute atomic E-state index is 0.130. The van der Waals surface area contributed by atoms with Gasteiger partial charge in [0.2, 0.25) is 11.1 Å². The van der Waals surface area contributed by atoms with Crippen molar-refractivity contribution in [3.63, 3.8) is 0 Å². The highest BCUT2D eigenvalue weighted by molar-refractivity contribution is 9.10. The van der Waals surface area contributed by atoms with E-state index in [1.165, 1.54) is 17.3 Å². The van der Waals surface area contributed by atoms with Gasteiger partial charge in [0.25, 0.3) is 0 Å². The summed E-state index contributed by atoms with van der Waals surface area (Å²) in [6.07, 6.45) is 2.12. The fraction of sp³-hybridized carbons (Fsp3) is 0.233. The molecular weight excluding hydrogens is 596 g/mol. The predicted molar refractivity (Wildman–Crippen MR) is 158 cm³/mol. The number of ketones is 1. The van der Waals surface area contributed by atoms with E-state index in [-0.39, 0.29) is 5.78 Å². The van der Waals surface area contributed by atoms with Crippen molar-refractivity contribution in [2.45, 2.75) is 49.7 Å². The van der Waals surface area contributed by atoms with E-state index in [2.05, 4.69) is 40.3 Å². The van der Waals surface area contributed by atoms with E-state index in [0.29, 0.717) is 35.6 Å². The fourth-order valence-corrected chi connectivity index (χ4v) is 6.53. The van der Waals surface area contributed by atoms with Crippen LogP contribution in [0, 0.1) is 6.92 Å². The number of fused-ring (bicyclic) bond motifs is 1. The van der Waals surface area contributed by atoms with Crippen LogP contribution in [0.15, 0.2) is 87.6 Å². The van der Waals surface area contributed by atoms with Crippen molar-refractivity contribution in [2.24, 2.45) is 0 Å². The lowest BCUT2D eigenvalue weighted by Crippen LogP contribution is -2.31. The highest BCUT2D eigenvalue weighted by Crippen LogP contribution is 2.44. The van der Waals surface area contributed by atoms with Gasteiger partial charge >= 0.3 is 0 Å². The van der Waals surface area contributed by atoms with Crippen LogP contribution in [0.2, 0.25) is 5.02 Å². The first-order chi connectivity index (χ1) is 19.0. The summed E-state index contributed by atoms with van der Waals surface area (Å²) in [6, 6.07) is 21.5. The van der Waals surface area contributed by atoms with Crippen molar-refractivity contribution in [2.75, 3.05) is 5.32 Å². The summed E-state index contributed by atoms with van der Waals surface area (Å²) in [6.45, 7) is 2.50. The van der Waals surface area contributed by atoms with Gasteiger partial charge in [-0.2, -0.15) is 4.98 Å². The second kappa shape index (κ2) is 11.2. The minimum atomic E-state index is -0.449. The van der Waals surface area contributed by atoms with Gasteiger partial charge in [0.15, 0.2) is 5.78 Å². The molecule has 9 heteroatoms. The molecule has 1 atom stereocenters. The molecule has 2 heterocycles. The number of carbonyl (C=O) groups excluding carboxylic acids is 1. The molecule has 3 aromatic carbocycles. The molecule has 1 N–H and O–H groups in total. The number of carbonyl (C=O) groups is 1. The molecular formula is C30H26BrClN4O2S. The third kappa shape index (κ3) is 5.38. The predicted octanol–water partition coefficient (Wildman–Crippen LogP) is 7.90. The number of thioether (sulfide) groups is 1. The number of hydrogen-bond acceptors (Lipinski definition) is 6. The number of anilines is 1. The molecule has 0 saturated heterocycles. The number of halogens is 2. The van der Waals surface area contributed by atoms with Gasteiger partial charge in [0.05, 0.1) is 0 Å². The van der Waals surface area contributed by atoms with Crippen LogP contribution in [0.4, 0.5) is 5.95 Å². The lowest BCUT2D eigenvalue weighted by Gasteiger charge is -2.33. The first kappa shape index (κ1) is 26.2. The normalized spacial score (nSPS) is 16.5. The molecule has 1 aromatic heterocycles. The maximum Gasteiger partial charge on any atom is 0.227 e. The lowest BCUT2D eigenvalue weighted by molar-refractivity contribution is -0.116. The summed E-state index contributed by atoms with van der Waals surface area (Å²) < 4.78 is 9.15. The first-order valence-corrected chi connectivity index (χ1v) is 15.0. The minimum Gasteiger partial charge on any atom is -0.489 e. The molecule has 0 saturated carbocycles. The maximum atomic E-state index is 13.4. The smallest absolute Gasteiger partial charge is 0.227 e. The molecule has 1 unspecified atom stereocenters. The Kier molecular flexibility index (Phi) is 7.51. The average Bonchev–Trinajstić information content (AvgIpc) is 3.34. The molecule has 1 aliphatic heterocycles. The SMILES string of the molecule is Cc1ccccc1COc1ccc(Br)cc1C1C2=C(CCCC2=O)Nc2nc(SCc3ccccc3Cl)nn21. The van der Waals surface area contributed by atoms with Gasteiger partial charge < -0.3 is 10.1 Å². The number of benzene rings is 3. The van der Waals surface area contributed by atoms with Gasteiger partial charge in [0, 0.05) is 38.5 Å². The summed E-state index contributed by atoms with van der Waals surface area (Å²) in [5.41, 5.74) is 5.84. The summed E-state index contributed by atoms with van der Waals surface area (Å²) in [5, 5.41) is 9.64. The van der Waals surface area contributed by atoms with Crippen LogP contribution in [-0.2, 0) is 17.2 Å². The van der Waals surface area contributed by atoms with Crippen molar-refractivity contribution in [1.29, 1.82) is 0 Å². The van der Waals surface area contributed by atoms with Crippen molar-refractivity contribution in [1.82, 2.24) is 14.8 Å². The summed E-state index contributed by atoms with van der Waals surface area (Å²) >= 11 is 11.5. The maximum absolute atomic E-state index is 13.4. The van der Waals surface area contributed by atoms with Gasteiger partial charge in [-0.15, -0.1) is 5.10 Å². The van der Waals surface area contributed by atoms with E-state index in [1.54, 1.807) is 0 Å². The van der Waals surface area contributed by atoms with Gasteiger partial charge in [-0.25, -0.2) is 4.68 Å². The number of aryl methyl sites for hydroxylation is 1. The van der Waals surface area contributed by atoms with Crippen molar-refractivity contribution in [3.05, 3.63) is 110 Å². The number of ether oxygens (including phenoxy) is 1. The van der Waals surface area contributed by atoms with Crippen molar-refractivity contribution < 1.29 is 9.53 Å². The molecule has 2 aliphatic rings. The Morgan fingerprint density at radius 2 is 1.90 bits per heavy atom. The second-order valence-electron chi connectivity index (χ2n) is 9.64. The molecule has 0 spiro atoms. The lowest BCUT2D eigenvalue weighted by atomic mass is 9.85. The molecule has 6 nitrogen and oxygen atoms in total. The highest BCUT2D eigenvalue weighted by Gasteiger charge is 2.38. The molecule has 0 bridgehead atoms. The summed E-state index contributed by atoms with van der Waals surface area (Å²) in [7, 11) is 0. The van der Waals surface area contributed by atoms with E-state index in [1.807, 2.05) is 59.3 Å². The van der Waals surface area contributed by atoms with E-state index in [9.17, 15) is 4.79 Å². The molecule has 0 fully saturated rings. The fourth-order valence-electron chi connectivity index (χ4n) is 5.04. The van der Waals surface area contributed by atoms with Gasteiger partial charge in [-0.3, -0.25) is 4.79 Å². The van der Waals surface area contributed by atoms with Crippen LogP contribution in [0.5, 0.6) is 5.75 Å². The van der Waals surface area contributed by atoms with Crippen LogP contribution >= 0.6 is 39.3 Å². The van der Waals surface area contributed by atoms with Crippen molar-refractivity contribution >= 4 is 51.0 Å². The van der Waals surface area contributed by atoms with Crippen LogP contribution in [-0.4, -0.2) is 20.5 Å². The van der Waals surface area contributed by atoms with E-state index < -0.39 is 6.04 Å². The van der Waals surface area contributed by atoms with Crippen LogP contribution < -0.4 is 10.1 Å². The number of hydrogen-bond donors (Lipinski definition) is 1. The Morgan fingerprint density at radius 1 is 1.10 bits per heavy atom. The van der Waals surface area contributed by atoms with Crippen molar-refractivity contribution in [3.8, 4) is 5.75 Å². The molecule has 6 rings (SSSR count). The number of nitrogens with one attached hydrogen (secondary N) is 1. The zero-order valence-corrected chi connectivity index (χ0v) is 24.4. The van der Waals surface area contributed by atoms with Gasteiger partial charge in [-0.1, -0.05) is 81.8 Å². The first-order valence-electron chi connectivity index (χ1n) is 12.8. The van der Waals surface area contributed by atoms with Crippen LogP contribution in [0.1, 0.15) is 47.6 Å². The second-order valence-corrected chi connectivity index (χ2v) is 11.9. The third-order valence-electron chi connectivity index (χ3n) is 7.07. The Bertz CT molecular complexity index is 1600. The van der Waals surface area contributed by atoms with E-state index in [0.717, 1.165) is 50.3 Å². The molecule has 4 aromatic rings. The number of allylic oxidation sites excluding steroid dienone is 2. The van der Waals surface area contributed by atoms with E-state index >= 15 is 0 Å². The number of rotatable bonds is 7. The highest BCUT2D eigenvalue weighted by atomic mass is 79.9. The van der Waals surface area contributed by atoms with Crippen LogP contribution in [0.3, 0.4) is 0 Å². The Balaban J connectivity index is 1.38. The van der Waals surface area contributed by atoms with Gasteiger partial charge in [-0.05, 0) is 60.7 Å². The van der Waals surface area contributed by atoms with Gasteiger partial charge in [0.1, 0.15) is 18.4 Å². The summed E-state index contributed by atoms with van der Waals surface area (Å²) in [4.78, 5) is 18.2. The molecule has 198 valence electrons. The summed E-state index contributed by atoms with van der Waals surface area (Å²) in [5.74, 6) is 2.11. The monoisotopic (exact) mass is 620 g/mol. The standard InChI is InChI=1S/C30H26BrClN4O2S/c1-18-7-2-3-8-19(18)16-38-26-14-13-21(31)15-22(26)28-27-24(11-6-12-25(27)37)33-29-34-30(35-36(28)29)39-17-20-9-4-5-10-23(20)32/h2-5,7-10,13-15,28H,6,11-12,16-17H2,1H3,(H,33,34,35). The quantitative estimate of drug-likeness (QED) is 0.212.